The molecule has 0 saturated carbocycles. The number of hydrogen-bond donors (Lipinski definition) is 1. The molecule has 0 aliphatic heterocycles. The number of thiazole rings is 1. The number of carbonyl (C=O) groups is 1. The minimum Gasteiger partial charge on any atom is -0.350 e. The van der Waals surface area contributed by atoms with E-state index in [-0.39, 0.29) is 12.5 Å². The second-order valence-corrected chi connectivity index (χ2v) is 6.52. The van der Waals surface area contributed by atoms with Gasteiger partial charge in [-0.2, -0.15) is 0 Å². The lowest BCUT2D eigenvalue weighted by molar-refractivity contribution is -0.121. The van der Waals surface area contributed by atoms with Gasteiger partial charge in [-0.3, -0.25) is 4.79 Å². The van der Waals surface area contributed by atoms with Crippen LogP contribution in [0.2, 0.25) is 5.02 Å². The number of benzene rings is 1. The van der Waals surface area contributed by atoms with Crippen LogP contribution in [0.3, 0.4) is 0 Å². The number of rotatable bonds is 4. The third-order valence-electron chi connectivity index (χ3n) is 3.18. The summed E-state index contributed by atoms with van der Waals surface area (Å²) in [7, 11) is 0. The number of nitrogens with one attached hydrogen (secondary N) is 1. The van der Waals surface area contributed by atoms with Crippen LogP contribution in [0.15, 0.2) is 36.7 Å². The van der Waals surface area contributed by atoms with Crippen LogP contribution in [-0.2, 0) is 17.9 Å². The summed E-state index contributed by atoms with van der Waals surface area (Å²) in [5, 5.41) is 5.66. The van der Waals surface area contributed by atoms with E-state index in [1.807, 2.05) is 42.0 Å². The van der Waals surface area contributed by atoms with Gasteiger partial charge < -0.3 is 9.88 Å². The first-order valence-electron chi connectivity index (χ1n) is 6.54. The number of nitrogens with zero attached hydrogens (tertiary/aromatic N) is 2. The van der Waals surface area contributed by atoms with Crippen LogP contribution in [-0.4, -0.2) is 15.5 Å². The standard InChI is InChI=1S/C15H14ClN3OS/c1-10-17-7-13(21-10)8-18-15(20)9-19-5-4-11-2-3-12(16)6-14(11)19/h2-7H,8-9H2,1H3,(H,18,20). The summed E-state index contributed by atoms with van der Waals surface area (Å²) in [6, 6.07) is 7.65. The fourth-order valence-corrected chi connectivity index (χ4v) is 3.08. The number of amides is 1. The van der Waals surface area contributed by atoms with Crippen LogP contribution >= 0.6 is 22.9 Å². The number of aryl methyl sites for hydroxylation is 1. The molecule has 4 nitrogen and oxygen atoms in total. The van der Waals surface area contributed by atoms with E-state index in [0.29, 0.717) is 11.6 Å². The van der Waals surface area contributed by atoms with E-state index in [1.54, 1.807) is 17.5 Å². The molecule has 0 radical (unpaired) electrons. The van der Waals surface area contributed by atoms with Crippen molar-refractivity contribution in [3.8, 4) is 0 Å². The summed E-state index contributed by atoms with van der Waals surface area (Å²) in [6.45, 7) is 2.75. The number of fused-ring (bicyclic) bond motifs is 1. The van der Waals surface area contributed by atoms with Crippen molar-refractivity contribution < 1.29 is 4.79 Å². The molecule has 3 aromatic rings. The highest BCUT2D eigenvalue weighted by atomic mass is 35.5. The van der Waals surface area contributed by atoms with Gasteiger partial charge in [-0.1, -0.05) is 17.7 Å². The summed E-state index contributed by atoms with van der Waals surface area (Å²) in [5.74, 6) is -0.0291. The molecule has 0 fully saturated rings. The number of halogens is 1. The van der Waals surface area contributed by atoms with E-state index in [1.165, 1.54) is 0 Å². The Hall–Kier alpha value is -1.85. The molecule has 1 aromatic carbocycles. The molecule has 2 heterocycles. The molecule has 1 amide bonds. The first-order chi connectivity index (χ1) is 10.1. The van der Waals surface area contributed by atoms with Gasteiger partial charge in [0.2, 0.25) is 5.91 Å². The molecule has 0 atom stereocenters. The van der Waals surface area contributed by atoms with Gasteiger partial charge in [0.05, 0.1) is 11.6 Å². The van der Waals surface area contributed by atoms with Crippen molar-refractivity contribution in [2.75, 3.05) is 0 Å². The minimum atomic E-state index is -0.0291. The maximum Gasteiger partial charge on any atom is 0.240 e. The summed E-state index contributed by atoms with van der Waals surface area (Å²) >= 11 is 7.60. The Morgan fingerprint density at radius 2 is 2.29 bits per heavy atom. The first-order valence-corrected chi connectivity index (χ1v) is 7.74. The zero-order valence-corrected chi connectivity index (χ0v) is 13.0. The van der Waals surface area contributed by atoms with Crippen LogP contribution in [0, 0.1) is 6.92 Å². The van der Waals surface area contributed by atoms with E-state index in [0.717, 1.165) is 20.8 Å². The molecule has 0 bridgehead atoms. The number of hydrogen-bond acceptors (Lipinski definition) is 3. The number of aromatic nitrogens is 2. The van der Waals surface area contributed by atoms with Gasteiger partial charge >= 0.3 is 0 Å². The highest BCUT2D eigenvalue weighted by Gasteiger charge is 2.07. The molecular formula is C15H14ClN3OS. The Bertz CT molecular complexity index is 793. The zero-order valence-electron chi connectivity index (χ0n) is 11.5. The second-order valence-electron chi connectivity index (χ2n) is 4.77. The van der Waals surface area contributed by atoms with Gasteiger partial charge in [-0.15, -0.1) is 11.3 Å². The van der Waals surface area contributed by atoms with E-state index in [4.69, 9.17) is 11.6 Å². The lowest BCUT2D eigenvalue weighted by atomic mass is 10.2. The normalized spacial score (nSPS) is 11.0. The van der Waals surface area contributed by atoms with Gasteiger partial charge in [0.15, 0.2) is 0 Å². The summed E-state index contributed by atoms with van der Waals surface area (Å²) in [6.07, 6.45) is 3.70. The molecule has 1 N–H and O–H groups in total. The van der Waals surface area contributed by atoms with E-state index < -0.39 is 0 Å². The maximum absolute atomic E-state index is 12.0. The zero-order chi connectivity index (χ0) is 14.8. The summed E-state index contributed by atoms with van der Waals surface area (Å²) in [4.78, 5) is 17.3. The molecule has 3 rings (SSSR count). The summed E-state index contributed by atoms with van der Waals surface area (Å²) in [5.41, 5.74) is 0.964. The van der Waals surface area contributed by atoms with Crippen molar-refractivity contribution in [2.45, 2.75) is 20.0 Å². The second kappa shape index (κ2) is 5.87. The minimum absolute atomic E-state index is 0.0291. The lowest BCUT2D eigenvalue weighted by Crippen LogP contribution is -2.26. The van der Waals surface area contributed by atoms with Crippen molar-refractivity contribution in [2.24, 2.45) is 0 Å². The molecular weight excluding hydrogens is 306 g/mol. The highest BCUT2D eigenvalue weighted by Crippen LogP contribution is 2.20. The van der Waals surface area contributed by atoms with Crippen molar-refractivity contribution >= 4 is 39.7 Å². The monoisotopic (exact) mass is 319 g/mol. The van der Waals surface area contributed by atoms with Crippen LogP contribution in [0.4, 0.5) is 0 Å². The fraction of sp³-hybridized carbons (Fsp3) is 0.200. The lowest BCUT2D eigenvalue weighted by Gasteiger charge is -2.06. The highest BCUT2D eigenvalue weighted by molar-refractivity contribution is 7.11. The molecule has 2 aromatic heterocycles. The third kappa shape index (κ3) is 3.25. The Morgan fingerprint density at radius 1 is 1.43 bits per heavy atom. The maximum atomic E-state index is 12.0. The quantitative estimate of drug-likeness (QED) is 0.801. The van der Waals surface area contributed by atoms with Gasteiger partial charge in [-0.25, -0.2) is 4.98 Å². The molecule has 108 valence electrons. The Kier molecular flexibility index (Phi) is 3.94. The van der Waals surface area contributed by atoms with E-state index in [2.05, 4.69) is 10.3 Å². The largest absolute Gasteiger partial charge is 0.350 e. The molecule has 0 saturated heterocycles. The Balaban J connectivity index is 1.67. The predicted molar refractivity (Wildman–Crippen MR) is 85.6 cm³/mol. The summed E-state index contributed by atoms with van der Waals surface area (Å²) < 4.78 is 1.90. The van der Waals surface area contributed by atoms with Crippen LogP contribution in [0.5, 0.6) is 0 Å². The molecule has 6 heteroatoms. The average Bonchev–Trinajstić information content (AvgIpc) is 3.04. The van der Waals surface area contributed by atoms with E-state index >= 15 is 0 Å². The SMILES string of the molecule is Cc1ncc(CNC(=O)Cn2ccc3ccc(Cl)cc32)s1. The fourth-order valence-electron chi connectivity index (χ4n) is 2.18. The van der Waals surface area contributed by atoms with Crippen LogP contribution in [0.1, 0.15) is 9.88 Å². The van der Waals surface area contributed by atoms with Gasteiger partial charge in [0.25, 0.3) is 0 Å². The first kappa shape index (κ1) is 14.1. The average molecular weight is 320 g/mol. The predicted octanol–water partition coefficient (Wildman–Crippen LogP) is 3.38. The van der Waals surface area contributed by atoms with Gasteiger partial charge in [0, 0.05) is 27.8 Å². The molecule has 21 heavy (non-hydrogen) atoms. The van der Waals surface area contributed by atoms with Gasteiger partial charge in [0.1, 0.15) is 6.54 Å². The van der Waals surface area contributed by atoms with Crippen molar-refractivity contribution in [3.63, 3.8) is 0 Å². The molecule has 0 aliphatic carbocycles. The van der Waals surface area contributed by atoms with Crippen LogP contribution < -0.4 is 5.32 Å². The third-order valence-corrected chi connectivity index (χ3v) is 4.33. The van der Waals surface area contributed by atoms with Crippen LogP contribution in [0.25, 0.3) is 10.9 Å². The van der Waals surface area contributed by atoms with Crippen molar-refractivity contribution in [1.29, 1.82) is 0 Å². The Labute approximate surface area is 131 Å². The number of carbonyl (C=O) groups excluding carboxylic acids is 1. The Morgan fingerprint density at radius 3 is 3.05 bits per heavy atom. The van der Waals surface area contributed by atoms with Crippen molar-refractivity contribution in [1.82, 2.24) is 14.9 Å². The molecule has 0 spiro atoms. The van der Waals surface area contributed by atoms with Gasteiger partial charge in [-0.05, 0) is 30.5 Å². The van der Waals surface area contributed by atoms with E-state index in [9.17, 15) is 4.79 Å². The van der Waals surface area contributed by atoms with Crippen molar-refractivity contribution in [3.05, 3.63) is 51.6 Å². The topological polar surface area (TPSA) is 46.9 Å². The molecule has 0 aliphatic rings. The molecule has 0 unspecified atom stereocenters. The smallest absolute Gasteiger partial charge is 0.240 e.